The smallest absolute Gasteiger partial charge is 0.270 e. The minimum Gasteiger partial charge on any atom is -0.475 e. The zero-order valence-electron chi connectivity index (χ0n) is 27.8. The number of hydrogen-bond donors (Lipinski definition) is 0. The third kappa shape index (κ3) is 7.14. The van der Waals surface area contributed by atoms with E-state index in [1.165, 1.54) is 17.5 Å². The van der Waals surface area contributed by atoms with Crippen molar-refractivity contribution in [3.05, 3.63) is 102 Å². The van der Waals surface area contributed by atoms with Crippen molar-refractivity contribution in [2.45, 2.75) is 38.3 Å². The van der Waals surface area contributed by atoms with Crippen molar-refractivity contribution in [1.82, 2.24) is 24.3 Å². The van der Waals surface area contributed by atoms with Gasteiger partial charge in [0.05, 0.1) is 28.4 Å². The Morgan fingerprint density at radius 3 is 2.25 bits per heavy atom. The number of benzene rings is 2. The number of aromatic nitrogens is 3. The second kappa shape index (κ2) is 13.7. The highest BCUT2D eigenvalue weighted by Crippen LogP contribution is 2.29. The fraction of sp³-hybridized carbons (Fsp3) is 0.306. The maximum absolute atomic E-state index is 13.6. The quantitative estimate of drug-likeness (QED) is 0.188. The number of fused-ring (bicyclic) bond motifs is 1. The van der Waals surface area contributed by atoms with E-state index in [0.717, 1.165) is 41.7 Å². The van der Waals surface area contributed by atoms with Gasteiger partial charge in [-0.05, 0) is 62.7 Å². The molecule has 0 radical (unpaired) electrons. The fourth-order valence-corrected chi connectivity index (χ4v) is 6.85. The Hall–Kier alpha value is -4.94. The van der Waals surface area contributed by atoms with E-state index in [4.69, 9.17) is 9.47 Å². The molecule has 12 heteroatoms. The van der Waals surface area contributed by atoms with Crippen LogP contribution in [-0.4, -0.2) is 78.0 Å². The van der Waals surface area contributed by atoms with Crippen molar-refractivity contribution >= 4 is 32.5 Å². The number of ether oxygens (including phenoxy) is 2. The standard InChI is InChI=1S/C36H40N6O5S/c1-25(2)46-34-14-8-27(22-37-34)24-41-16-18-42(19-17-41)36(43)33-20-28-9-11-30(21-32(28)39(33)4)47-35-15-10-29(23-38-35)40(5)48(44,45)31-12-6-26(3)7-13-31/h6-15,20-23,25H,16-19,24H2,1-5H3. The van der Waals surface area contributed by atoms with Crippen molar-refractivity contribution in [2.24, 2.45) is 7.05 Å². The predicted molar refractivity (Wildman–Crippen MR) is 185 cm³/mol. The number of anilines is 1. The molecule has 6 rings (SSSR count). The maximum Gasteiger partial charge on any atom is 0.270 e. The lowest BCUT2D eigenvalue weighted by molar-refractivity contribution is 0.0619. The fourth-order valence-electron chi connectivity index (χ4n) is 5.67. The Kier molecular flexibility index (Phi) is 9.38. The number of sulfonamides is 1. The number of hydrogen-bond acceptors (Lipinski definition) is 8. The van der Waals surface area contributed by atoms with Gasteiger partial charge in [0.1, 0.15) is 11.4 Å². The van der Waals surface area contributed by atoms with Gasteiger partial charge in [-0.2, -0.15) is 0 Å². The minimum atomic E-state index is -3.73. The zero-order chi connectivity index (χ0) is 34.0. The first-order valence-electron chi connectivity index (χ1n) is 15.9. The van der Waals surface area contributed by atoms with Gasteiger partial charge in [-0.3, -0.25) is 14.0 Å². The van der Waals surface area contributed by atoms with Gasteiger partial charge in [0.25, 0.3) is 15.9 Å². The Balaban J connectivity index is 1.07. The second-order valence-electron chi connectivity index (χ2n) is 12.3. The third-order valence-corrected chi connectivity index (χ3v) is 10.2. The first-order valence-corrected chi connectivity index (χ1v) is 17.3. The average Bonchev–Trinajstić information content (AvgIpc) is 3.41. The third-order valence-electron chi connectivity index (χ3n) is 8.44. The summed E-state index contributed by atoms with van der Waals surface area (Å²) in [5, 5.41) is 0.926. The van der Waals surface area contributed by atoms with Crippen LogP contribution in [0.4, 0.5) is 5.69 Å². The van der Waals surface area contributed by atoms with E-state index in [2.05, 4.69) is 14.9 Å². The molecule has 1 fully saturated rings. The van der Waals surface area contributed by atoms with Gasteiger partial charge in [0.2, 0.25) is 11.8 Å². The van der Waals surface area contributed by atoms with Crippen LogP contribution in [0.5, 0.6) is 17.5 Å². The molecule has 11 nitrogen and oxygen atoms in total. The molecule has 5 aromatic rings. The van der Waals surface area contributed by atoms with Crippen molar-refractivity contribution in [3.63, 3.8) is 0 Å². The number of piperazine rings is 1. The van der Waals surface area contributed by atoms with E-state index in [-0.39, 0.29) is 16.9 Å². The van der Waals surface area contributed by atoms with Gasteiger partial charge in [0.15, 0.2) is 0 Å². The van der Waals surface area contributed by atoms with Crippen molar-refractivity contribution < 1.29 is 22.7 Å². The number of aryl methyl sites for hydroxylation is 2. The lowest BCUT2D eigenvalue weighted by Gasteiger charge is -2.34. The van der Waals surface area contributed by atoms with E-state index in [1.54, 1.807) is 36.4 Å². The molecule has 0 aliphatic carbocycles. The van der Waals surface area contributed by atoms with Crippen molar-refractivity contribution in [2.75, 3.05) is 37.5 Å². The highest BCUT2D eigenvalue weighted by atomic mass is 32.2. The molecular weight excluding hydrogens is 628 g/mol. The molecule has 1 aliphatic rings. The van der Waals surface area contributed by atoms with E-state index in [1.807, 2.05) is 79.9 Å². The first kappa shape index (κ1) is 33.0. The molecule has 0 unspecified atom stereocenters. The molecule has 0 bridgehead atoms. The van der Waals surface area contributed by atoms with Crippen LogP contribution >= 0.6 is 0 Å². The Bertz CT molecular complexity index is 2000. The molecule has 1 aliphatic heterocycles. The molecule has 0 atom stereocenters. The Morgan fingerprint density at radius 2 is 1.60 bits per heavy atom. The molecule has 3 aromatic heterocycles. The Morgan fingerprint density at radius 1 is 0.896 bits per heavy atom. The Labute approximate surface area is 281 Å². The summed E-state index contributed by atoms with van der Waals surface area (Å²) in [5.74, 6) is 1.49. The van der Waals surface area contributed by atoms with Gasteiger partial charge < -0.3 is 18.9 Å². The lowest BCUT2D eigenvalue weighted by Crippen LogP contribution is -2.48. The van der Waals surface area contributed by atoms with Gasteiger partial charge >= 0.3 is 0 Å². The highest BCUT2D eigenvalue weighted by molar-refractivity contribution is 7.92. The average molecular weight is 669 g/mol. The lowest BCUT2D eigenvalue weighted by atomic mass is 10.2. The van der Waals surface area contributed by atoms with Crippen molar-refractivity contribution in [1.29, 1.82) is 0 Å². The molecule has 2 aromatic carbocycles. The predicted octanol–water partition coefficient (Wildman–Crippen LogP) is 5.64. The van der Waals surface area contributed by atoms with Gasteiger partial charge in [-0.15, -0.1) is 0 Å². The summed E-state index contributed by atoms with van der Waals surface area (Å²) in [5.41, 5.74) is 3.97. The van der Waals surface area contributed by atoms with Crippen LogP contribution in [0.15, 0.2) is 90.1 Å². The van der Waals surface area contributed by atoms with Crippen LogP contribution in [0.3, 0.4) is 0 Å². The highest BCUT2D eigenvalue weighted by Gasteiger charge is 2.25. The van der Waals surface area contributed by atoms with Crippen LogP contribution in [0, 0.1) is 6.92 Å². The number of amides is 1. The molecule has 48 heavy (non-hydrogen) atoms. The molecule has 0 saturated carbocycles. The zero-order valence-corrected chi connectivity index (χ0v) is 28.6. The summed E-state index contributed by atoms with van der Waals surface area (Å²) in [6, 6.07) is 21.5. The van der Waals surface area contributed by atoms with Gasteiger partial charge in [-0.25, -0.2) is 18.4 Å². The SMILES string of the molecule is Cc1ccc(S(=O)(=O)N(C)c2ccc(Oc3ccc4cc(C(=O)N5CCN(Cc6ccc(OC(C)C)nc6)CC5)n(C)c4c3)nc2)cc1. The van der Waals surface area contributed by atoms with Crippen LogP contribution in [0.2, 0.25) is 0 Å². The summed E-state index contributed by atoms with van der Waals surface area (Å²) < 4.78 is 40.9. The van der Waals surface area contributed by atoms with E-state index < -0.39 is 10.0 Å². The number of pyridine rings is 2. The van der Waals surface area contributed by atoms with E-state index in [9.17, 15) is 13.2 Å². The summed E-state index contributed by atoms with van der Waals surface area (Å²) in [6.07, 6.45) is 3.40. The van der Waals surface area contributed by atoms with Gasteiger partial charge in [-0.1, -0.05) is 23.8 Å². The molecule has 1 amide bonds. The van der Waals surface area contributed by atoms with E-state index in [0.29, 0.717) is 42.0 Å². The summed E-state index contributed by atoms with van der Waals surface area (Å²) >= 11 is 0. The molecule has 1 saturated heterocycles. The number of nitrogens with zero attached hydrogens (tertiary/aromatic N) is 6. The monoisotopic (exact) mass is 668 g/mol. The summed E-state index contributed by atoms with van der Waals surface area (Å²) in [6.45, 7) is 9.46. The minimum absolute atomic E-state index is 0.00497. The molecule has 0 N–H and O–H groups in total. The van der Waals surface area contributed by atoms with E-state index >= 15 is 0 Å². The molecular formula is C36H40N6O5S. The van der Waals surface area contributed by atoms with Crippen LogP contribution in [0.25, 0.3) is 10.9 Å². The normalized spacial score (nSPS) is 14.0. The second-order valence-corrected chi connectivity index (χ2v) is 14.3. The molecule has 0 spiro atoms. The van der Waals surface area contributed by atoms with Crippen LogP contribution in [-0.2, 0) is 23.6 Å². The summed E-state index contributed by atoms with van der Waals surface area (Å²) in [7, 11) is -0.355. The topological polar surface area (TPSA) is 110 Å². The number of carbonyl (C=O) groups is 1. The van der Waals surface area contributed by atoms with Crippen molar-refractivity contribution in [3.8, 4) is 17.5 Å². The molecule has 250 valence electrons. The maximum atomic E-state index is 13.6. The number of rotatable bonds is 10. The van der Waals surface area contributed by atoms with Gasteiger partial charge in [0, 0.05) is 76.6 Å². The first-order chi connectivity index (χ1) is 23.0. The van der Waals surface area contributed by atoms with Crippen LogP contribution in [0.1, 0.15) is 35.5 Å². The largest absolute Gasteiger partial charge is 0.475 e. The molecule has 4 heterocycles. The number of carbonyl (C=O) groups excluding carboxylic acids is 1. The summed E-state index contributed by atoms with van der Waals surface area (Å²) in [4.78, 5) is 26.8. The van der Waals surface area contributed by atoms with Crippen LogP contribution < -0.4 is 13.8 Å².